The topological polar surface area (TPSA) is 82.3 Å². The molecule has 0 saturated heterocycles. The highest BCUT2D eigenvalue weighted by Crippen LogP contribution is 2.28. The molecule has 0 bridgehead atoms. The summed E-state index contributed by atoms with van der Waals surface area (Å²) in [5, 5.41) is 22.2. The van der Waals surface area contributed by atoms with Crippen molar-refractivity contribution in [2.45, 2.75) is 6.92 Å². The van der Waals surface area contributed by atoms with Gasteiger partial charge in [-0.15, -0.1) is 0 Å². The lowest BCUT2D eigenvalue weighted by Crippen LogP contribution is -2.13. The van der Waals surface area contributed by atoms with Gasteiger partial charge in [0.05, 0.1) is 17.3 Å². The van der Waals surface area contributed by atoms with E-state index >= 15 is 0 Å². The molecule has 25 heavy (non-hydrogen) atoms. The van der Waals surface area contributed by atoms with E-state index in [0.717, 1.165) is 0 Å². The number of ether oxygens (including phenoxy) is 1. The highest BCUT2D eigenvalue weighted by Gasteiger charge is 2.12. The van der Waals surface area contributed by atoms with Crippen molar-refractivity contribution in [3.8, 4) is 17.6 Å². The summed E-state index contributed by atoms with van der Waals surface area (Å²) in [6.45, 7) is 2.16. The van der Waals surface area contributed by atoms with E-state index in [4.69, 9.17) is 27.9 Å². The number of anilines is 1. The van der Waals surface area contributed by atoms with Gasteiger partial charge in [-0.25, -0.2) is 0 Å². The van der Waals surface area contributed by atoms with Crippen LogP contribution < -0.4 is 10.1 Å². The average Bonchev–Trinajstić information content (AvgIpc) is 2.58. The lowest BCUT2D eigenvalue weighted by molar-refractivity contribution is -0.112. The van der Waals surface area contributed by atoms with Gasteiger partial charge in [0.15, 0.2) is 11.5 Å². The van der Waals surface area contributed by atoms with E-state index in [9.17, 15) is 15.2 Å². The summed E-state index contributed by atoms with van der Waals surface area (Å²) in [4.78, 5) is 12.3. The zero-order chi connectivity index (χ0) is 18.4. The van der Waals surface area contributed by atoms with Crippen molar-refractivity contribution in [2.75, 3.05) is 11.9 Å². The number of hydrogen-bond acceptors (Lipinski definition) is 4. The fourth-order valence-electron chi connectivity index (χ4n) is 1.99. The molecule has 7 heteroatoms. The Kier molecular flexibility index (Phi) is 6.29. The van der Waals surface area contributed by atoms with Crippen LogP contribution in [-0.2, 0) is 4.79 Å². The summed E-state index contributed by atoms with van der Waals surface area (Å²) in [6.07, 6.45) is 1.38. The predicted molar refractivity (Wildman–Crippen MR) is 98.0 cm³/mol. The average molecular weight is 377 g/mol. The molecule has 0 aromatic heterocycles. The molecule has 128 valence electrons. The lowest BCUT2D eigenvalue weighted by Gasteiger charge is -2.08. The van der Waals surface area contributed by atoms with E-state index in [-0.39, 0.29) is 17.1 Å². The number of nitrogens with one attached hydrogen (secondary N) is 1. The largest absolute Gasteiger partial charge is 0.504 e. The maximum absolute atomic E-state index is 12.3. The Labute approximate surface area is 155 Å². The molecule has 2 N–H and O–H groups in total. The van der Waals surface area contributed by atoms with Crippen molar-refractivity contribution in [1.29, 1.82) is 5.26 Å². The molecule has 0 unspecified atom stereocenters. The minimum absolute atomic E-state index is 0.0207. The van der Waals surface area contributed by atoms with Crippen LogP contribution in [0.1, 0.15) is 12.5 Å². The molecular weight excluding hydrogens is 363 g/mol. The molecular formula is C18H14Cl2N2O3. The Balaban J connectivity index is 2.28. The molecule has 0 heterocycles. The lowest BCUT2D eigenvalue weighted by atomic mass is 10.1. The molecule has 0 aliphatic carbocycles. The fourth-order valence-corrected chi connectivity index (χ4v) is 2.33. The second-order valence-electron chi connectivity index (χ2n) is 4.91. The third kappa shape index (κ3) is 4.90. The zero-order valence-electron chi connectivity index (χ0n) is 13.2. The number of carbonyl (C=O) groups is 1. The number of benzene rings is 2. The molecule has 2 aromatic rings. The van der Waals surface area contributed by atoms with Crippen molar-refractivity contribution < 1.29 is 14.6 Å². The van der Waals surface area contributed by atoms with E-state index in [1.54, 1.807) is 25.1 Å². The second-order valence-corrected chi connectivity index (χ2v) is 5.75. The molecule has 0 aliphatic rings. The van der Waals surface area contributed by atoms with Gasteiger partial charge in [-0.1, -0.05) is 29.3 Å². The molecule has 2 rings (SSSR count). The number of nitriles is 1. The summed E-state index contributed by atoms with van der Waals surface area (Å²) in [6, 6.07) is 11.0. The Bertz CT molecular complexity index is 873. The van der Waals surface area contributed by atoms with Crippen LogP contribution in [0.4, 0.5) is 5.69 Å². The third-order valence-corrected chi connectivity index (χ3v) is 3.70. The fraction of sp³-hybridized carbons (Fsp3) is 0.111. The van der Waals surface area contributed by atoms with E-state index in [1.807, 2.05) is 6.07 Å². The molecule has 0 spiro atoms. The van der Waals surface area contributed by atoms with Gasteiger partial charge in [-0.05, 0) is 48.9 Å². The highest BCUT2D eigenvalue weighted by atomic mass is 35.5. The standard InChI is InChI=1S/C18H14Cl2N2O3/c1-2-25-17-8-11(3-6-16(17)23)7-12(10-21)18(24)22-15-9-13(19)4-5-14(15)20/h3-9,23H,2H2,1H3,(H,22,24)/b12-7-. The van der Waals surface area contributed by atoms with Gasteiger partial charge in [-0.3, -0.25) is 4.79 Å². The molecule has 5 nitrogen and oxygen atoms in total. The van der Waals surface area contributed by atoms with E-state index < -0.39 is 5.91 Å². The van der Waals surface area contributed by atoms with Crippen LogP contribution in [0.5, 0.6) is 11.5 Å². The van der Waals surface area contributed by atoms with Gasteiger partial charge >= 0.3 is 0 Å². The van der Waals surface area contributed by atoms with Crippen LogP contribution in [0.25, 0.3) is 6.08 Å². The van der Waals surface area contributed by atoms with E-state index in [2.05, 4.69) is 5.32 Å². The molecule has 0 aliphatic heterocycles. The van der Waals surface area contributed by atoms with E-state index in [0.29, 0.717) is 27.9 Å². The molecule has 0 atom stereocenters. The number of amides is 1. The van der Waals surface area contributed by atoms with Crippen molar-refractivity contribution in [1.82, 2.24) is 0 Å². The smallest absolute Gasteiger partial charge is 0.266 e. The number of halogens is 2. The molecule has 0 radical (unpaired) electrons. The predicted octanol–water partition coefficient (Wildman–Crippen LogP) is 4.64. The van der Waals surface area contributed by atoms with Crippen LogP contribution in [0.3, 0.4) is 0 Å². The van der Waals surface area contributed by atoms with Gasteiger partial charge in [0.2, 0.25) is 0 Å². The number of nitrogens with zero attached hydrogens (tertiary/aromatic N) is 1. The molecule has 2 aromatic carbocycles. The van der Waals surface area contributed by atoms with Crippen molar-refractivity contribution in [2.24, 2.45) is 0 Å². The number of hydrogen-bond donors (Lipinski definition) is 2. The van der Waals surface area contributed by atoms with Gasteiger partial charge in [0.1, 0.15) is 11.6 Å². The maximum atomic E-state index is 12.3. The van der Waals surface area contributed by atoms with Crippen LogP contribution in [-0.4, -0.2) is 17.6 Å². The number of aromatic hydroxyl groups is 1. The summed E-state index contributed by atoms with van der Waals surface area (Å²) in [7, 11) is 0. The minimum atomic E-state index is -0.627. The monoisotopic (exact) mass is 376 g/mol. The first kappa shape index (κ1) is 18.7. The highest BCUT2D eigenvalue weighted by molar-refractivity contribution is 6.36. The van der Waals surface area contributed by atoms with Gasteiger partial charge in [0, 0.05) is 5.02 Å². The number of carbonyl (C=O) groups excluding carboxylic acids is 1. The Morgan fingerprint density at radius 2 is 2.08 bits per heavy atom. The quantitative estimate of drug-likeness (QED) is 0.587. The Morgan fingerprint density at radius 1 is 1.32 bits per heavy atom. The van der Waals surface area contributed by atoms with Crippen LogP contribution >= 0.6 is 23.2 Å². The van der Waals surface area contributed by atoms with Gasteiger partial charge < -0.3 is 15.2 Å². The SMILES string of the molecule is CCOc1cc(/C=C(/C#N)C(=O)Nc2cc(Cl)ccc2Cl)ccc1O. The summed E-state index contributed by atoms with van der Waals surface area (Å²) < 4.78 is 5.28. The van der Waals surface area contributed by atoms with Crippen LogP contribution in [0.15, 0.2) is 42.0 Å². The maximum Gasteiger partial charge on any atom is 0.266 e. The number of phenols is 1. The van der Waals surface area contributed by atoms with Gasteiger partial charge in [0.25, 0.3) is 5.91 Å². The van der Waals surface area contributed by atoms with Gasteiger partial charge in [-0.2, -0.15) is 5.26 Å². The molecule has 1 amide bonds. The van der Waals surface area contributed by atoms with Crippen molar-refractivity contribution >= 4 is 40.9 Å². The molecule has 0 fully saturated rings. The first-order valence-electron chi connectivity index (χ1n) is 7.28. The minimum Gasteiger partial charge on any atom is -0.504 e. The Hall–Kier alpha value is -2.68. The summed E-state index contributed by atoms with van der Waals surface area (Å²) in [5.41, 5.74) is 0.704. The summed E-state index contributed by atoms with van der Waals surface area (Å²) >= 11 is 11.9. The third-order valence-electron chi connectivity index (χ3n) is 3.14. The normalized spacial score (nSPS) is 10.9. The molecule has 0 saturated carbocycles. The van der Waals surface area contributed by atoms with E-state index in [1.165, 1.54) is 24.3 Å². The van der Waals surface area contributed by atoms with Crippen molar-refractivity contribution in [3.05, 3.63) is 57.6 Å². The number of phenolic OH excluding ortho intramolecular Hbond substituents is 1. The second kappa shape index (κ2) is 8.43. The van der Waals surface area contributed by atoms with Crippen LogP contribution in [0, 0.1) is 11.3 Å². The first-order valence-corrected chi connectivity index (χ1v) is 8.04. The number of rotatable bonds is 5. The van der Waals surface area contributed by atoms with Crippen LogP contribution in [0.2, 0.25) is 10.0 Å². The summed E-state index contributed by atoms with van der Waals surface area (Å²) in [5.74, 6) is -0.378. The Morgan fingerprint density at radius 3 is 2.76 bits per heavy atom. The first-order chi connectivity index (χ1) is 11.9. The zero-order valence-corrected chi connectivity index (χ0v) is 14.7. The van der Waals surface area contributed by atoms with Crippen molar-refractivity contribution in [3.63, 3.8) is 0 Å².